The molecular weight excluding hydrogens is 356 g/mol. The van der Waals surface area contributed by atoms with Crippen LogP contribution in [0.2, 0.25) is 0 Å². The van der Waals surface area contributed by atoms with E-state index in [0.29, 0.717) is 30.2 Å². The number of ether oxygens (including phenoxy) is 2. The number of hydrogen-bond acceptors (Lipinski definition) is 4. The lowest BCUT2D eigenvalue weighted by molar-refractivity contribution is -0.117. The summed E-state index contributed by atoms with van der Waals surface area (Å²) in [6.07, 6.45) is 4.67. The van der Waals surface area contributed by atoms with Crippen LogP contribution in [0, 0.1) is 0 Å². The molecule has 28 heavy (non-hydrogen) atoms. The Morgan fingerprint density at radius 2 is 1.96 bits per heavy atom. The Labute approximate surface area is 164 Å². The number of nitrogens with one attached hydrogen (secondary N) is 1. The number of amides is 2. The number of hydrogen-bond donors (Lipinski definition) is 1. The van der Waals surface area contributed by atoms with E-state index in [1.807, 2.05) is 31.2 Å². The summed E-state index contributed by atoms with van der Waals surface area (Å²) < 4.78 is 10.8. The van der Waals surface area contributed by atoms with Gasteiger partial charge in [0.25, 0.3) is 0 Å². The molecule has 1 fully saturated rings. The first kappa shape index (κ1) is 19.5. The van der Waals surface area contributed by atoms with Crippen LogP contribution < -0.4 is 19.7 Å². The van der Waals surface area contributed by atoms with Gasteiger partial charge in [-0.25, -0.2) is 0 Å². The number of methoxy groups -OCH3 is 1. The Morgan fingerprint density at radius 1 is 1.18 bits per heavy atom. The minimum absolute atomic E-state index is 0.144. The fourth-order valence-corrected chi connectivity index (χ4v) is 3.07. The molecule has 0 radical (unpaired) electrons. The largest absolute Gasteiger partial charge is 0.493 e. The minimum atomic E-state index is -0.237. The molecule has 0 bridgehead atoms. The number of anilines is 2. The van der Waals surface area contributed by atoms with Crippen LogP contribution in [0.4, 0.5) is 11.4 Å². The summed E-state index contributed by atoms with van der Waals surface area (Å²) in [6.45, 7) is 3.18. The molecule has 6 heteroatoms. The molecular formula is C22H24N2O4. The fraction of sp³-hybridized carbons (Fsp3) is 0.273. The van der Waals surface area contributed by atoms with E-state index in [0.717, 1.165) is 24.2 Å². The van der Waals surface area contributed by atoms with Gasteiger partial charge in [0, 0.05) is 30.4 Å². The van der Waals surface area contributed by atoms with Gasteiger partial charge in [0.1, 0.15) is 0 Å². The zero-order valence-corrected chi connectivity index (χ0v) is 16.1. The second-order valence-corrected chi connectivity index (χ2v) is 6.36. The first-order valence-electron chi connectivity index (χ1n) is 9.31. The summed E-state index contributed by atoms with van der Waals surface area (Å²) in [5.41, 5.74) is 2.37. The standard InChI is InChI=1S/C22H24N2O4/c1-3-28-20-15-16(6-12-19(20)27-2)7-13-21(25)23-17-8-10-18(11-9-17)24-14-4-5-22(24)26/h6-13,15H,3-5,14H2,1-2H3,(H,23,25)/b13-7+. The lowest BCUT2D eigenvalue weighted by Crippen LogP contribution is -2.23. The maximum Gasteiger partial charge on any atom is 0.248 e. The van der Waals surface area contributed by atoms with Gasteiger partial charge in [-0.1, -0.05) is 6.07 Å². The normalized spacial score (nSPS) is 13.8. The molecule has 0 aliphatic carbocycles. The third kappa shape index (κ3) is 4.71. The van der Waals surface area contributed by atoms with Crippen LogP contribution in [0.3, 0.4) is 0 Å². The molecule has 146 valence electrons. The monoisotopic (exact) mass is 380 g/mol. The van der Waals surface area contributed by atoms with Gasteiger partial charge in [-0.05, 0) is 61.4 Å². The first-order valence-corrected chi connectivity index (χ1v) is 9.31. The van der Waals surface area contributed by atoms with Crippen LogP contribution in [0.1, 0.15) is 25.3 Å². The van der Waals surface area contributed by atoms with Crippen molar-refractivity contribution in [3.8, 4) is 11.5 Å². The Hall–Kier alpha value is -3.28. The highest BCUT2D eigenvalue weighted by molar-refractivity contribution is 6.02. The Morgan fingerprint density at radius 3 is 2.61 bits per heavy atom. The Kier molecular flexibility index (Phi) is 6.32. The summed E-state index contributed by atoms with van der Waals surface area (Å²) in [5, 5.41) is 2.82. The van der Waals surface area contributed by atoms with Crippen molar-refractivity contribution in [2.75, 3.05) is 30.5 Å². The van der Waals surface area contributed by atoms with Crippen LogP contribution in [0.25, 0.3) is 6.08 Å². The van der Waals surface area contributed by atoms with Gasteiger partial charge in [-0.2, -0.15) is 0 Å². The topological polar surface area (TPSA) is 67.9 Å². The molecule has 1 heterocycles. The van der Waals surface area contributed by atoms with Gasteiger partial charge in [0.05, 0.1) is 13.7 Å². The van der Waals surface area contributed by atoms with Gasteiger partial charge < -0.3 is 19.7 Å². The van der Waals surface area contributed by atoms with Crippen LogP contribution in [0.5, 0.6) is 11.5 Å². The molecule has 0 unspecified atom stereocenters. The summed E-state index contributed by atoms with van der Waals surface area (Å²) in [5.74, 6) is 1.20. The molecule has 2 amide bonds. The first-order chi connectivity index (χ1) is 13.6. The highest BCUT2D eigenvalue weighted by Crippen LogP contribution is 2.28. The quantitative estimate of drug-likeness (QED) is 0.741. The number of benzene rings is 2. The maximum atomic E-state index is 12.2. The van der Waals surface area contributed by atoms with Crippen LogP contribution in [-0.2, 0) is 9.59 Å². The van der Waals surface area contributed by atoms with Crippen molar-refractivity contribution in [2.45, 2.75) is 19.8 Å². The van der Waals surface area contributed by atoms with Crippen molar-refractivity contribution in [2.24, 2.45) is 0 Å². The predicted octanol–water partition coefficient (Wildman–Crippen LogP) is 3.87. The van der Waals surface area contributed by atoms with E-state index in [1.165, 1.54) is 6.08 Å². The average molecular weight is 380 g/mol. The summed E-state index contributed by atoms with van der Waals surface area (Å²) in [6, 6.07) is 12.8. The van der Waals surface area contributed by atoms with E-state index in [-0.39, 0.29) is 11.8 Å². The highest BCUT2D eigenvalue weighted by Gasteiger charge is 2.21. The molecule has 0 aromatic heterocycles. The van der Waals surface area contributed by atoms with Crippen LogP contribution in [0.15, 0.2) is 48.5 Å². The van der Waals surface area contributed by atoms with Crippen molar-refractivity contribution in [1.82, 2.24) is 0 Å². The molecule has 6 nitrogen and oxygen atoms in total. The summed E-state index contributed by atoms with van der Waals surface area (Å²) >= 11 is 0. The molecule has 1 saturated heterocycles. The molecule has 1 aliphatic heterocycles. The van der Waals surface area contributed by atoms with Crippen LogP contribution >= 0.6 is 0 Å². The number of rotatable bonds is 7. The van der Waals surface area contributed by atoms with Crippen molar-refractivity contribution < 1.29 is 19.1 Å². The van der Waals surface area contributed by atoms with Gasteiger partial charge in [0.2, 0.25) is 11.8 Å². The predicted molar refractivity (Wildman–Crippen MR) is 110 cm³/mol. The summed E-state index contributed by atoms with van der Waals surface area (Å²) in [7, 11) is 1.59. The Bertz CT molecular complexity index is 875. The smallest absolute Gasteiger partial charge is 0.248 e. The van der Waals surface area contributed by atoms with Crippen molar-refractivity contribution >= 4 is 29.3 Å². The zero-order chi connectivity index (χ0) is 19.9. The molecule has 0 atom stereocenters. The van der Waals surface area contributed by atoms with Crippen LogP contribution in [-0.4, -0.2) is 32.1 Å². The molecule has 1 N–H and O–H groups in total. The molecule has 2 aromatic rings. The minimum Gasteiger partial charge on any atom is -0.493 e. The molecule has 3 rings (SSSR count). The van der Waals surface area contributed by atoms with E-state index < -0.39 is 0 Å². The van der Waals surface area contributed by atoms with Crippen molar-refractivity contribution in [3.05, 3.63) is 54.1 Å². The highest BCUT2D eigenvalue weighted by atomic mass is 16.5. The average Bonchev–Trinajstić information content (AvgIpc) is 3.13. The molecule has 0 spiro atoms. The SMILES string of the molecule is CCOc1cc(/C=C/C(=O)Nc2ccc(N3CCCC3=O)cc2)ccc1OC. The molecule has 0 saturated carbocycles. The Balaban J connectivity index is 1.62. The number of carbonyl (C=O) groups is 2. The zero-order valence-electron chi connectivity index (χ0n) is 16.1. The van der Waals surface area contributed by atoms with E-state index in [2.05, 4.69) is 5.32 Å². The van der Waals surface area contributed by atoms with Crippen molar-refractivity contribution in [1.29, 1.82) is 0 Å². The second-order valence-electron chi connectivity index (χ2n) is 6.36. The lowest BCUT2D eigenvalue weighted by atomic mass is 10.2. The molecule has 2 aromatic carbocycles. The van der Waals surface area contributed by atoms with E-state index in [1.54, 1.807) is 36.3 Å². The van der Waals surface area contributed by atoms with E-state index in [9.17, 15) is 9.59 Å². The molecule has 1 aliphatic rings. The second kappa shape index (κ2) is 9.08. The van der Waals surface area contributed by atoms with E-state index in [4.69, 9.17) is 9.47 Å². The maximum absolute atomic E-state index is 12.2. The van der Waals surface area contributed by atoms with Gasteiger partial charge >= 0.3 is 0 Å². The summed E-state index contributed by atoms with van der Waals surface area (Å²) in [4.78, 5) is 25.8. The van der Waals surface area contributed by atoms with Gasteiger partial charge in [-0.15, -0.1) is 0 Å². The van der Waals surface area contributed by atoms with E-state index >= 15 is 0 Å². The third-order valence-electron chi connectivity index (χ3n) is 4.43. The van der Waals surface area contributed by atoms with Crippen molar-refractivity contribution in [3.63, 3.8) is 0 Å². The number of carbonyl (C=O) groups excluding carboxylic acids is 2. The fourth-order valence-electron chi connectivity index (χ4n) is 3.07. The van der Waals surface area contributed by atoms with Gasteiger partial charge in [-0.3, -0.25) is 9.59 Å². The number of nitrogens with zero attached hydrogens (tertiary/aromatic N) is 1. The lowest BCUT2D eigenvalue weighted by Gasteiger charge is -2.15. The third-order valence-corrected chi connectivity index (χ3v) is 4.43. The van der Waals surface area contributed by atoms with Gasteiger partial charge in [0.15, 0.2) is 11.5 Å².